The van der Waals surface area contributed by atoms with Crippen LogP contribution in [0.5, 0.6) is 5.75 Å². The fraction of sp³-hybridized carbons (Fsp3) is 0.333. The maximum Gasteiger partial charge on any atom is 0.267 e. The zero-order valence-corrected chi connectivity index (χ0v) is 11.7. The van der Waals surface area contributed by atoms with Gasteiger partial charge in [0.2, 0.25) is 0 Å². The van der Waals surface area contributed by atoms with Crippen LogP contribution in [-0.4, -0.2) is 17.6 Å². The summed E-state index contributed by atoms with van der Waals surface area (Å²) in [6.45, 7) is 4.56. The molecule has 1 aromatic rings. The molecule has 0 aromatic heterocycles. The van der Waals surface area contributed by atoms with Crippen molar-refractivity contribution in [3.05, 3.63) is 35.5 Å². The van der Waals surface area contributed by atoms with Crippen LogP contribution < -0.4 is 10.6 Å². The van der Waals surface area contributed by atoms with E-state index in [4.69, 9.17) is 5.26 Å². The second-order valence-electron chi connectivity index (χ2n) is 4.43. The number of hydrogen-bond acceptors (Lipinski definition) is 4. The molecule has 3 N–H and O–H groups in total. The second-order valence-corrected chi connectivity index (χ2v) is 4.43. The van der Waals surface area contributed by atoms with E-state index in [9.17, 15) is 9.90 Å². The minimum atomic E-state index is -0.467. The van der Waals surface area contributed by atoms with Crippen molar-refractivity contribution in [2.45, 2.75) is 26.7 Å². The number of nitrogens with zero attached hydrogens (tertiary/aromatic N) is 1. The molecule has 0 bridgehead atoms. The number of aryl methyl sites for hydroxylation is 1. The third-order valence-corrected chi connectivity index (χ3v) is 2.74. The number of carbonyl (C=O) groups is 1. The number of carbonyl (C=O) groups excluding carboxylic acids is 1. The predicted octanol–water partition coefficient (Wildman–Crippen LogP) is 2.44. The molecule has 0 saturated heterocycles. The topological polar surface area (TPSA) is 85.2 Å². The summed E-state index contributed by atoms with van der Waals surface area (Å²) in [5.41, 5.74) is 1.32. The first kappa shape index (κ1) is 15.6. The summed E-state index contributed by atoms with van der Waals surface area (Å²) in [6.07, 6.45) is 3.45. The van der Waals surface area contributed by atoms with E-state index in [0.717, 1.165) is 24.9 Å². The molecule has 0 radical (unpaired) electrons. The Morgan fingerprint density at radius 3 is 2.85 bits per heavy atom. The lowest BCUT2D eigenvalue weighted by atomic mass is 10.2. The number of nitrogens with one attached hydrogen (secondary N) is 2. The molecule has 0 saturated carbocycles. The standard InChI is InChI=1S/C15H19N3O2/c1-3-4-7-17-10-12(9-16)15(20)18-14-6-5-13(19)8-11(14)2/h5-6,8,10,17,19H,3-4,7H2,1-2H3,(H,18,20)/b12-10-. The zero-order chi connectivity index (χ0) is 15.0. The van der Waals surface area contributed by atoms with Gasteiger partial charge in [0.1, 0.15) is 17.4 Å². The summed E-state index contributed by atoms with van der Waals surface area (Å²) in [6, 6.07) is 6.50. The summed E-state index contributed by atoms with van der Waals surface area (Å²) in [5.74, 6) is -0.330. The van der Waals surface area contributed by atoms with Crippen LogP contribution in [0.1, 0.15) is 25.3 Å². The Labute approximate surface area is 118 Å². The van der Waals surface area contributed by atoms with Crippen LogP contribution in [0.25, 0.3) is 0 Å². The number of rotatable bonds is 6. The number of amides is 1. The highest BCUT2D eigenvalue weighted by molar-refractivity contribution is 6.06. The first-order valence-corrected chi connectivity index (χ1v) is 6.53. The SMILES string of the molecule is CCCCN/C=C(/C#N)C(=O)Nc1ccc(O)cc1C. The van der Waals surface area contributed by atoms with Gasteiger partial charge in [-0.1, -0.05) is 13.3 Å². The van der Waals surface area contributed by atoms with Gasteiger partial charge in [-0.3, -0.25) is 4.79 Å². The van der Waals surface area contributed by atoms with Crippen molar-refractivity contribution in [1.82, 2.24) is 5.32 Å². The molecule has 0 aliphatic rings. The number of phenols is 1. The van der Waals surface area contributed by atoms with Crippen LogP contribution in [0.3, 0.4) is 0 Å². The number of unbranched alkanes of at least 4 members (excludes halogenated alkanes) is 1. The van der Waals surface area contributed by atoms with Crippen molar-refractivity contribution in [3.63, 3.8) is 0 Å². The molecule has 0 spiro atoms. The van der Waals surface area contributed by atoms with Crippen LogP contribution in [0.4, 0.5) is 5.69 Å². The fourth-order valence-electron chi connectivity index (χ4n) is 1.58. The van der Waals surface area contributed by atoms with Gasteiger partial charge in [0, 0.05) is 18.4 Å². The Morgan fingerprint density at radius 1 is 1.50 bits per heavy atom. The maximum absolute atomic E-state index is 11.9. The summed E-state index contributed by atoms with van der Waals surface area (Å²) >= 11 is 0. The lowest BCUT2D eigenvalue weighted by Crippen LogP contribution is -2.17. The van der Waals surface area contributed by atoms with Gasteiger partial charge in [-0.2, -0.15) is 5.26 Å². The lowest BCUT2D eigenvalue weighted by Gasteiger charge is -2.08. The van der Waals surface area contributed by atoms with Gasteiger partial charge >= 0.3 is 0 Å². The van der Waals surface area contributed by atoms with E-state index >= 15 is 0 Å². The summed E-state index contributed by atoms with van der Waals surface area (Å²) < 4.78 is 0. The largest absolute Gasteiger partial charge is 0.508 e. The van der Waals surface area contributed by atoms with Crippen LogP contribution in [-0.2, 0) is 4.79 Å². The van der Waals surface area contributed by atoms with Crippen molar-refractivity contribution < 1.29 is 9.90 Å². The van der Waals surface area contributed by atoms with Crippen LogP contribution in [0.15, 0.2) is 30.0 Å². The molecule has 0 aliphatic heterocycles. The highest BCUT2D eigenvalue weighted by atomic mass is 16.3. The Morgan fingerprint density at radius 2 is 2.25 bits per heavy atom. The first-order chi connectivity index (χ1) is 9.58. The number of phenolic OH excluding ortho intramolecular Hbond substituents is 1. The molecule has 1 rings (SSSR count). The molecule has 0 fully saturated rings. The maximum atomic E-state index is 11.9. The second kappa shape index (κ2) is 7.85. The summed E-state index contributed by atoms with van der Waals surface area (Å²) in [4.78, 5) is 11.9. The number of benzene rings is 1. The van der Waals surface area contributed by atoms with Gasteiger partial charge in [0.15, 0.2) is 0 Å². The molecule has 0 unspecified atom stereocenters. The quantitative estimate of drug-likeness (QED) is 0.321. The van der Waals surface area contributed by atoms with Crippen molar-refractivity contribution in [2.75, 3.05) is 11.9 Å². The van der Waals surface area contributed by atoms with E-state index in [1.807, 2.05) is 6.07 Å². The Kier molecular flexibility index (Phi) is 6.11. The van der Waals surface area contributed by atoms with Gasteiger partial charge in [0.25, 0.3) is 5.91 Å². The molecule has 5 heteroatoms. The Balaban J connectivity index is 2.70. The molecular weight excluding hydrogens is 254 g/mol. The average Bonchev–Trinajstić information content (AvgIpc) is 2.42. The highest BCUT2D eigenvalue weighted by Gasteiger charge is 2.10. The molecular formula is C15H19N3O2. The molecule has 0 heterocycles. The van der Waals surface area contributed by atoms with Crippen molar-refractivity contribution >= 4 is 11.6 Å². The molecule has 0 atom stereocenters. The highest BCUT2D eigenvalue weighted by Crippen LogP contribution is 2.20. The molecule has 0 aliphatic carbocycles. The van der Waals surface area contributed by atoms with Crippen LogP contribution in [0, 0.1) is 18.3 Å². The molecule has 20 heavy (non-hydrogen) atoms. The van der Waals surface area contributed by atoms with E-state index in [1.54, 1.807) is 19.1 Å². The third-order valence-electron chi connectivity index (χ3n) is 2.74. The molecule has 1 aromatic carbocycles. The van der Waals surface area contributed by atoms with E-state index in [-0.39, 0.29) is 11.3 Å². The monoisotopic (exact) mass is 273 g/mol. The van der Waals surface area contributed by atoms with Crippen molar-refractivity contribution in [1.29, 1.82) is 5.26 Å². The summed E-state index contributed by atoms with van der Waals surface area (Å²) in [7, 11) is 0. The minimum Gasteiger partial charge on any atom is -0.508 e. The third kappa shape index (κ3) is 4.65. The Hall–Kier alpha value is -2.48. The Bertz CT molecular complexity index is 545. The number of anilines is 1. The van der Waals surface area contributed by atoms with Crippen LogP contribution in [0.2, 0.25) is 0 Å². The fourth-order valence-corrected chi connectivity index (χ4v) is 1.58. The molecule has 5 nitrogen and oxygen atoms in total. The van der Waals surface area contributed by atoms with E-state index in [2.05, 4.69) is 17.6 Å². The van der Waals surface area contributed by atoms with E-state index in [1.165, 1.54) is 12.3 Å². The van der Waals surface area contributed by atoms with Gasteiger partial charge in [0.05, 0.1) is 0 Å². The van der Waals surface area contributed by atoms with Gasteiger partial charge in [-0.15, -0.1) is 0 Å². The van der Waals surface area contributed by atoms with Crippen molar-refractivity contribution in [3.8, 4) is 11.8 Å². The predicted molar refractivity (Wildman–Crippen MR) is 78.1 cm³/mol. The van der Waals surface area contributed by atoms with Crippen LogP contribution >= 0.6 is 0 Å². The van der Waals surface area contributed by atoms with Gasteiger partial charge in [-0.25, -0.2) is 0 Å². The zero-order valence-electron chi connectivity index (χ0n) is 11.7. The number of hydrogen-bond donors (Lipinski definition) is 3. The van der Waals surface area contributed by atoms with Gasteiger partial charge in [-0.05, 0) is 37.1 Å². The van der Waals surface area contributed by atoms with E-state index < -0.39 is 5.91 Å². The number of nitriles is 1. The molecule has 106 valence electrons. The summed E-state index contributed by atoms with van der Waals surface area (Å²) in [5, 5.41) is 23.9. The van der Waals surface area contributed by atoms with Gasteiger partial charge < -0.3 is 15.7 Å². The van der Waals surface area contributed by atoms with Crippen molar-refractivity contribution in [2.24, 2.45) is 0 Å². The minimum absolute atomic E-state index is 0.0218. The average molecular weight is 273 g/mol. The molecule has 1 amide bonds. The normalized spacial score (nSPS) is 10.8. The first-order valence-electron chi connectivity index (χ1n) is 6.53. The lowest BCUT2D eigenvalue weighted by molar-refractivity contribution is -0.112. The smallest absolute Gasteiger partial charge is 0.267 e. The number of aromatic hydroxyl groups is 1. The van der Waals surface area contributed by atoms with E-state index in [0.29, 0.717) is 5.69 Å².